The summed E-state index contributed by atoms with van der Waals surface area (Å²) >= 11 is 0. The van der Waals surface area contributed by atoms with E-state index in [-0.39, 0.29) is 6.42 Å². The molecule has 0 saturated heterocycles. The molecule has 0 spiro atoms. The van der Waals surface area contributed by atoms with E-state index in [1.165, 1.54) is 6.92 Å². The van der Waals surface area contributed by atoms with Crippen molar-refractivity contribution < 1.29 is 39.3 Å². The average molecular weight is 507 g/mol. The number of amides is 4. The van der Waals surface area contributed by atoms with Gasteiger partial charge in [0.1, 0.15) is 12.1 Å². The van der Waals surface area contributed by atoms with E-state index in [1.807, 2.05) is 0 Å². The summed E-state index contributed by atoms with van der Waals surface area (Å²) < 4.78 is 0. The molecule has 5 unspecified atom stereocenters. The Morgan fingerprint density at radius 1 is 1.00 bits per heavy atom. The molecule has 1 heterocycles. The first-order valence-electron chi connectivity index (χ1n) is 11.0. The van der Waals surface area contributed by atoms with Crippen LogP contribution in [0.5, 0.6) is 0 Å². The largest absolute Gasteiger partial charge is 0.480 e. The first-order chi connectivity index (χ1) is 16.9. The van der Waals surface area contributed by atoms with Gasteiger partial charge in [0.2, 0.25) is 23.6 Å². The lowest BCUT2D eigenvalue weighted by molar-refractivity contribution is -0.145. The van der Waals surface area contributed by atoms with E-state index in [0.29, 0.717) is 5.56 Å². The van der Waals surface area contributed by atoms with Gasteiger partial charge in [0, 0.05) is 23.5 Å². The van der Waals surface area contributed by atoms with Gasteiger partial charge in [0.25, 0.3) is 0 Å². The number of benzene rings is 1. The lowest BCUT2D eigenvalue weighted by Gasteiger charge is -2.25. The Bertz CT molecular complexity index is 1120. The molecule has 0 fully saturated rings. The maximum atomic E-state index is 13.0. The van der Waals surface area contributed by atoms with Crippen molar-refractivity contribution in [3.63, 3.8) is 0 Å². The number of aliphatic hydroxyl groups is 2. The van der Waals surface area contributed by atoms with Crippen molar-refractivity contribution in [2.24, 2.45) is 11.5 Å². The molecule has 0 radical (unpaired) electrons. The standard InChI is InChI=1S/C22H30N6O8/c1-10(30)18(22(35)36)28-20(33)15(6-11-8-25-14-5-3-2-4-12(11)14)26-21(34)16(9-29)27-19(32)13(23)7-17(24)31/h2-5,8,10,13,15-16,18,25,29-30H,6-7,9,23H2,1H3,(H2,24,31)(H,26,34)(H,27,32)(H,28,33)(H,35,36). The monoisotopic (exact) mass is 506 g/mol. The lowest BCUT2D eigenvalue weighted by Crippen LogP contribution is -2.59. The zero-order valence-corrected chi connectivity index (χ0v) is 19.4. The van der Waals surface area contributed by atoms with Crippen LogP contribution in [-0.2, 0) is 30.4 Å². The average Bonchev–Trinajstić information content (AvgIpc) is 3.21. The van der Waals surface area contributed by atoms with Crippen LogP contribution >= 0.6 is 0 Å². The number of rotatable bonds is 13. The minimum atomic E-state index is -1.65. The van der Waals surface area contributed by atoms with Crippen molar-refractivity contribution in [3.05, 3.63) is 36.0 Å². The minimum absolute atomic E-state index is 0.0962. The number of carboxylic acids is 1. The number of hydrogen-bond donors (Lipinski definition) is 9. The van der Waals surface area contributed by atoms with Crippen LogP contribution in [0.1, 0.15) is 18.9 Å². The van der Waals surface area contributed by atoms with Crippen LogP contribution in [0.15, 0.2) is 30.5 Å². The normalized spacial score (nSPS) is 15.2. The predicted octanol–water partition coefficient (Wildman–Crippen LogP) is -3.17. The van der Waals surface area contributed by atoms with Crippen LogP contribution in [0.25, 0.3) is 10.9 Å². The Hall–Kier alpha value is -4.01. The van der Waals surface area contributed by atoms with Gasteiger partial charge in [-0.2, -0.15) is 0 Å². The molecule has 0 aliphatic rings. The van der Waals surface area contributed by atoms with Gasteiger partial charge in [0.05, 0.1) is 25.2 Å². The number of aromatic nitrogens is 1. The maximum Gasteiger partial charge on any atom is 0.328 e. The van der Waals surface area contributed by atoms with Crippen LogP contribution in [0.2, 0.25) is 0 Å². The number of nitrogens with two attached hydrogens (primary N) is 2. The van der Waals surface area contributed by atoms with Crippen molar-refractivity contribution in [2.45, 2.75) is 50.0 Å². The maximum absolute atomic E-state index is 13.0. The molecule has 1 aromatic heterocycles. The Morgan fingerprint density at radius 2 is 1.61 bits per heavy atom. The van der Waals surface area contributed by atoms with Crippen LogP contribution in [-0.4, -0.2) is 86.8 Å². The van der Waals surface area contributed by atoms with Crippen molar-refractivity contribution in [2.75, 3.05) is 6.61 Å². The summed E-state index contributed by atoms with van der Waals surface area (Å²) in [6.45, 7) is 0.312. The zero-order valence-electron chi connectivity index (χ0n) is 19.4. The lowest BCUT2D eigenvalue weighted by atomic mass is 10.0. The number of carbonyl (C=O) groups excluding carboxylic acids is 4. The second kappa shape index (κ2) is 12.6. The summed E-state index contributed by atoms with van der Waals surface area (Å²) in [7, 11) is 0. The number of H-pyrrole nitrogens is 1. The number of para-hydroxylation sites is 1. The van der Waals surface area contributed by atoms with Crippen LogP contribution in [0.4, 0.5) is 0 Å². The van der Waals surface area contributed by atoms with Crippen molar-refractivity contribution in [1.29, 1.82) is 0 Å². The molecule has 2 rings (SSSR count). The Labute approximate surface area is 205 Å². The number of carbonyl (C=O) groups is 5. The first-order valence-corrected chi connectivity index (χ1v) is 11.0. The molecule has 0 bridgehead atoms. The molecule has 0 aliphatic carbocycles. The second-order valence-electron chi connectivity index (χ2n) is 8.21. The summed E-state index contributed by atoms with van der Waals surface area (Å²) in [6, 6.07) is 1.24. The summed E-state index contributed by atoms with van der Waals surface area (Å²) in [5, 5.41) is 36.1. The number of aromatic amines is 1. The summed E-state index contributed by atoms with van der Waals surface area (Å²) in [5.74, 6) is -5.15. The molecule has 11 N–H and O–H groups in total. The van der Waals surface area contributed by atoms with Gasteiger partial charge in [-0.05, 0) is 18.6 Å². The number of hydrogen-bond acceptors (Lipinski definition) is 8. The molecule has 4 amide bonds. The molecule has 2 aromatic rings. The molecule has 196 valence electrons. The van der Waals surface area contributed by atoms with Gasteiger partial charge in [-0.1, -0.05) is 18.2 Å². The molecule has 14 heteroatoms. The van der Waals surface area contributed by atoms with E-state index >= 15 is 0 Å². The van der Waals surface area contributed by atoms with E-state index in [9.17, 15) is 39.3 Å². The molecular formula is C22H30N6O8. The number of aliphatic hydroxyl groups excluding tert-OH is 2. The fourth-order valence-electron chi connectivity index (χ4n) is 3.43. The van der Waals surface area contributed by atoms with E-state index in [4.69, 9.17) is 11.5 Å². The minimum Gasteiger partial charge on any atom is -0.480 e. The van der Waals surface area contributed by atoms with Crippen LogP contribution in [0, 0.1) is 0 Å². The topological polar surface area (TPSA) is 250 Å². The van der Waals surface area contributed by atoms with E-state index < -0.39 is 72.9 Å². The van der Waals surface area contributed by atoms with Crippen molar-refractivity contribution in [1.82, 2.24) is 20.9 Å². The fourth-order valence-corrected chi connectivity index (χ4v) is 3.43. The SMILES string of the molecule is CC(O)C(NC(=O)C(Cc1c[nH]c2ccccc12)NC(=O)C(CO)NC(=O)C(N)CC(N)=O)C(=O)O. The molecule has 1 aromatic carbocycles. The Balaban J connectivity index is 2.26. The van der Waals surface area contributed by atoms with Crippen molar-refractivity contribution in [3.8, 4) is 0 Å². The number of carboxylic acid groups (broad SMARTS) is 1. The Kier molecular flexibility index (Phi) is 9.90. The van der Waals surface area contributed by atoms with Gasteiger partial charge in [0.15, 0.2) is 6.04 Å². The molecule has 0 saturated carbocycles. The fraction of sp³-hybridized carbons (Fsp3) is 0.409. The number of primary amides is 1. The smallest absolute Gasteiger partial charge is 0.328 e. The molecule has 0 aliphatic heterocycles. The molecule has 14 nitrogen and oxygen atoms in total. The van der Waals surface area contributed by atoms with Crippen molar-refractivity contribution >= 4 is 40.5 Å². The molecule has 5 atom stereocenters. The number of fused-ring (bicyclic) bond motifs is 1. The van der Waals surface area contributed by atoms with Crippen LogP contribution < -0.4 is 27.4 Å². The van der Waals surface area contributed by atoms with E-state index in [1.54, 1.807) is 30.5 Å². The molecular weight excluding hydrogens is 476 g/mol. The number of nitrogens with one attached hydrogen (secondary N) is 4. The quantitative estimate of drug-likeness (QED) is 0.133. The molecule has 36 heavy (non-hydrogen) atoms. The first kappa shape index (κ1) is 28.2. The summed E-state index contributed by atoms with van der Waals surface area (Å²) in [5.41, 5.74) is 11.9. The van der Waals surface area contributed by atoms with Gasteiger partial charge in [-0.25, -0.2) is 4.79 Å². The van der Waals surface area contributed by atoms with Gasteiger partial charge >= 0.3 is 5.97 Å². The highest BCUT2D eigenvalue weighted by molar-refractivity contribution is 5.95. The predicted molar refractivity (Wildman–Crippen MR) is 126 cm³/mol. The van der Waals surface area contributed by atoms with E-state index in [2.05, 4.69) is 20.9 Å². The van der Waals surface area contributed by atoms with Crippen LogP contribution in [0.3, 0.4) is 0 Å². The second-order valence-corrected chi connectivity index (χ2v) is 8.21. The third kappa shape index (κ3) is 7.49. The van der Waals surface area contributed by atoms with Gasteiger partial charge in [-0.15, -0.1) is 0 Å². The summed E-state index contributed by atoms with van der Waals surface area (Å²) in [6.07, 6.45) is -0.407. The van der Waals surface area contributed by atoms with E-state index in [0.717, 1.165) is 10.9 Å². The highest BCUT2D eigenvalue weighted by atomic mass is 16.4. The van der Waals surface area contributed by atoms with Gasteiger partial charge in [-0.3, -0.25) is 19.2 Å². The van der Waals surface area contributed by atoms with Gasteiger partial charge < -0.3 is 47.7 Å². The third-order valence-electron chi connectivity index (χ3n) is 5.35. The summed E-state index contributed by atoms with van der Waals surface area (Å²) in [4.78, 5) is 63.4. The Morgan fingerprint density at radius 3 is 2.19 bits per heavy atom. The zero-order chi connectivity index (χ0) is 27.0. The highest BCUT2D eigenvalue weighted by Gasteiger charge is 2.32. The highest BCUT2D eigenvalue weighted by Crippen LogP contribution is 2.19. The third-order valence-corrected chi connectivity index (χ3v) is 5.35. The number of aliphatic carboxylic acids is 1.